The topological polar surface area (TPSA) is 29.5 Å². The molecular formula is C9H17NO2. The predicted octanol–water partition coefficient (Wildman–Crippen LogP) is 1.06. The van der Waals surface area contributed by atoms with Crippen LogP contribution < -0.4 is 0 Å². The number of amides is 1. The molecule has 12 heavy (non-hydrogen) atoms. The van der Waals surface area contributed by atoms with Crippen molar-refractivity contribution in [1.29, 1.82) is 0 Å². The summed E-state index contributed by atoms with van der Waals surface area (Å²) in [5.74, 6) is -0.000139. The van der Waals surface area contributed by atoms with E-state index in [1.165, 1.54) is 0 Å². The van der Waals surface area contributed by atoms with Crippen molar-refractivity contribution in [3.63, 3.8) is 0 Å². The first kappa shape index (κ1) is 11.2. The second kappa shape index (κ2) is 5.77. The number of ether oxygens (including phenoxy) is 1. The van der Waals surface area contributed by atoms with Crippen LogP contribution in [0.15, 0.2) is 12.2 Å². The Balaban J connectivity index is 3.69. The van der Waals surface area contributed by atoms with Crippen LogP contribution in [0.5, 0.6) is 0 Å². The summed E-state index contributed by atoms with van der Waals surface area (Å²) >= 11 is 0. The van der Waals surface area contributed by atoms with Crippen LogP contribution in [-0.2, 0) is 9.53 Å². The first-order valence-corrected chi connectivity index (χ1v) is 4.04. The van der Waals surface area contributed by atoms with Gasteiger partial charge < -0.3 is 9.64 Å². The molecular weight excluding hydrogens is 154 g/mol. The summed E-state index contributed by atoms with van der Waals surface area (Å²) in [6, 6.07) is 0. The van der Waals surface area contributed by atoms with Crippen LogP contribution in [-0.4, -0.2) is 37.6 Å². The van der Waals surface area contributed by atoms with E-state index in [0.717, 1.165) is 5.57 Å². The molecule has 0 aromatic rings. The molecule has 0 radical (unpaired) electrons. The van der Waals surface area contributed by atoms with Crippen molar-refractivity contribution in [1.82, 2.24) is 4.90 Å². The average molecular weight is 171 g/mol. The molecule has 0 aliphatic rings. The second-order valence-corrected chi connectivity index (χ2v) is 2.84. The van der Waals surface area contributed by atoms with Gasteiger partial charge in [-0.3, -0.25) is 4.79 Å². The third-order valence-corrected chi connectivity index (χ3v) is 1.36. The Hall–Kier alpha value is -0.830. The Morgan fingerprint density at radius 1 is 1.58 bits per heavy atom. The molecule has 0 N–H and O–H groups in total. The van der Waals surface area contributed by atoms with Gasteiger partial charge in [0, 0.05) is 20.2 Å². The van der Waals surface area contributed by atoms with E-state index < -0.39 is 0 Å². The zero-order valence-electron chi connectivity index (χ0n) is 8.09. The van der Waals surface area contributed by atoms with Gasteiger partial charge in [-0.05, 0) is 13.8 Å². The zero-order chi connectivity index (χ0) is 9.56. The standard InChI is InChI=1S/C9H17NO2/c1-5-12-7-9(11)10(4)6-8(2)3/h2,5-7H2,1,3-4H3. The van der Waals surface area contributed by atoms with Gasteiger partial charge in [0.1, 0.15) is 6.61 Å². The lowest BCUT2D eigenvalue weighted by Crippen LogP contribution is -2.31. The van der Waals surface area contributed by atoms with Crippen LogP contribution in [0.3, 0.4) is 0 Å². The minimum Gasteiger partial charge on any atom is -0.372 e. The van der Waals surface area contributed by atoms with Crippen molar-refractivity contribution in [3.8, 4) is 0 Å². The molecule has 70 valence electrons. The highest BCUT2D eigenvalue weighted by Gasteiger charge is 2.07. The second-order valence-electron chi connectivity index (χ2n) is 2.84. The highest BCUT2D eigenvalue weighted by Crippen LogP contribution is 1.93. The Morgan fingerprint density at radius 3 is 2.58 bits per heavy atom. The zero-order valence-corrected chi connectivity index (χ0v) is 8.09. The fourth-order valence-electron chi connectivity index (χ4n) is 0.793. The number of likely N-dealkylation sites (N-methyl/N-ethyl adjacent to an activating group) is 1. The molecule has 0 aromatic carbocycles. The lowest BCUT2D eigenvalue weighted by atomic mass is 10.3. The summed E-state index contributed by atoms with van der Waals surface area (Å²) < 4.78 is 4.98. The Labute approximate surface area is 74.0 Å². The van der Waals surface area contributed by atoms with Gasteiger partial charge >= 0.3 is 0 Å². The summed E-state index contributed by atoms with van der Waals surface area (Å²) in [7, 11) is 1.75. The maximum atomic E-state index is 11.2. The largest absolute Gasteiger partial charge is 0.372 e. The molecule has 0 heterocycles. The van der Waals surface area contributed by atoms with Gasteiger partial charge in [0.25, 0.3) is 0 Å². The van der Waals surface area contributed by atoms with Crippen molar-refractivity contribution < 1.29 is 9.53 Å². The van der Waals surface area contributed by atoms with E-state index in [9.17, 15) is 4.79 Å². The lowest BCUT2D eigenvalue weighted by Gasteiger charge is -2.16. The van der Waals surface area contributed by atoms with E-state index in [4.69, 9.17) is 4.74 Å². The van der Waals surface area contributed by atoms with Gasteiger partial charge in [0.05, 0.1) is 0 Å². The fraction of sp³-hybridized carbons (Fsp3) is 0.667. The molecule has 3 nitrogen and oxygen atoms in total. The number of hydrogen-bond acceptors (Lipinski definition) is 2. The molecule has 3 heteroatoms. The van der Waals surface area contributed by atoms with Gasteiger partial charge in [-0.1, -0.05) is 12.2 Å². The number of carbonyl (C=O) groups is 1. The molecule has 0 aliphatic carbocycles. The van der Waals surface area contributed by atoms with Gasteiger partial charge in [-0.25, -0.2) is 0 Å². The molecule has 0 bridgehead atoms. The molecule has 0 unspecified atom stereocenters. The normalized spacial score (nSPS) is 9.58. The molecule has 0 fully saturated rings. The summed E-state index contributed by atoms with van der Waals surface area (Å²) in [6.45, 7) is 8.83. The van der Waals surface area contributed by atoms with E-state index in [1.807, 2.05) is 13.8 Å². The van der Waals surface area contributed by atoms with Gasteiger partial charge in [-0.15, -0.1) is 0 Å². The van der Waals surface area contributed by atoms with Crippen molar-refractivity contribution in [2.45, 2.75) is 13.8 Å². The van der Waals surface area contributed by atoms with Crippen molar-refractivity contribution >= 4 is 5.91 Å². The minimum atomic E-state index is -0.000139. The van der Waals surface area contributed by atoms with Crippen LogP contribution in [0, 0.1) is 0 Å². The molecule has 0 atom stereocenters. The van der Waals surface area contributed by atoms with E-state index in [-0.39, 0.29) is 12.5 Å². The smallest absolute Gasteiger partial charge is 0.248 e. The quantitative estimate of drug-likeness (QED) is 0.579. The third-order valence-electron chi connectivity index (χ3n) is 1.36. The Bertz CT molecular complexity index is 166. The van der Waals surface area contributed by atoms with E-state index in [2.05, 4.69) is 6.58 Å². The van der Waals surface area contributed by atoms with Crippen molar-refractivity contribution in [2.75, 3.05) is 26.8 Å². The van der Waals surface area contributed by atoms with E-state index >= 15 is 0 Å². The predicted molar refractivity (Wildman–Crippen MR) is 48.9 cm³/mol. The molecule has 0 aliphatic heterocycles. The highest BCUT2D eigenvalue weighted by molar-refractivity contribution is 5.77. The highest BCUT2D eigenvalue weighted by atomic mass is 16.5. The summed E-state index contributed by atoms with van der Waals surface area (Å²) in [5, 5.41) is 0. The molecule has 1 amide bonds. The van der Waals surface area contributed by atoms with E-state index in [0.29, 0.717) is 13.2 Å². The maximum Gasteiger partial charge on any atom is 0.248 e. The van der Waals surface area contributed by atoms with Crippen LogP contribution >= 0.6 is 0 Å². The van der Waals surface area contributed by atoms with E-state index in [1.54, 1.807) is 11.9 Å². The van der Waals surface area contributed by atoms with Crippen molar-refractivity contribution in [2.24, 2.45) is 0 Å². The van der Waals surface area contributed by atoms with Gasteiger partial charge in [0.2, 0.25) is 5.91 Å². The number of carbonyl (C=O) groups excluding carboxylic acids is 1. The SMILES string of the molecule is C=C(C)CN(C)C(=O)COCC. The van der Waals surface area contributed by atoms with Gasteiger partial charge in [-0.2, -0.15) is 0 Å². The lowest BCUT2D eigenvalue weighted by molar-refractivity contribution is -0.134. The molecule has 0 saturated heterocycles. The maximum absolute atomic E-state index is 11.2. The number of hydrogen-bond donors (Lipinski definition) is 0. The first-order chi connectivity index (χ1) is 5.57. The molecule has 0 spiro atoms. The number of nitrogens with zero attached hydrogens (tertiary/aromatic N) is 1. The third kappa shape index (κ3) is 4.91. The molecule has 0 saturated carbocycles. The fourth-order valence-corrected chi connectivity index (χ4v) is 0.793. The average Bonchev–Trinajstić information content (AvgIpc) is 1.98. The summed E-state index contributed by atoms with van der Waals surface area (Å²) in [6.07, 6.45) is 0. The van der Waals surface area contributed by atoms with Crippen LogP contribution in [0.2, 0.25) is 0 Å². The van der Waals surface area contributed by atoms with Crippen LogP contribution in [0.1, 0.15) is 13.8 Å². The molecule has 0 rings (SSSR count). The minimum absolute atomic E-state index is 0.000139. The van der Waals surface area contributed by atoms with Crippen LogP contribution in [0.25, 0.3) is 0 Å². The summed E-state index contributed by atoms with van der Waals surface area (Å²) in [5.41, 5.74) is 0.974. The monoisotopic (exact) mass is 171 g/mol. The Morgan fingerprint density at radius 2 is 2.17 bits per heavy atom. The summed E-state index contributed by atoms with van der Waals surface area (Å²) in [4.78, 5) is 12.8. The first-order valence-electron chi connectivity index (χ1n) is 4.04. The Kier molecular flexibility index (Phi) is 5.37. The molecule has 0 aromatic heterocycles. The number of rotatable bonds is 5. The van der Waals surface area contributed by atoms with Gasteiger partial charge in [0.15, 0.2) is 0 Å². The van der Waals surface area contributed by atoms with Crippen LogP contribution in [0.4, 0.5) is 0 Å². The van der Waals surface area contributed by atoms with Crippen molar-refractivity contribution in [3.05, 3.63) is 12.2 Å².